The van der Waals surface area contributed by atoms with E-state index in [4.69, 9.17) is 10.5 Å². The highest BCUT2D eigenvalue weighted by molar-refractivity contribution is 5.90. The second-order valence-corrected chi connectivity index (χ2v) is 5.03. The van der Waals surface area contributed by atoms with Gasteiger partial charge in [0.1, 0.15) is 12.1 Å². The third-order valence-corrected chi connectivity index (χ3v) is 3.43. The van der Waals surface area contributed by atoms with E-state index in [2.05, 4.69) is 5.32 Å². The second-order valence-electron chi connectivity index (χ2n) is 5.03. The molecule has 18 heavy (non-hydrogen) atoms. The Morgan fingerprint density at radius 1 is 1.44 bits per heavy atom. The highest BCUT2D eigenvalue weighted by atomic mass is 16.5. The molecule has 2 unspecified atom stereocenters. The number of nitrogens with one attached hydrogen (secondary N) is 1. The molecule has 0 aromatic carbocycles. The largest absolute Gasteiger partial charge is 0.383 e. The van der Waals surface area contributed by atoms with Crippen LogP contribution in [0, 0.1) is 0 Å². The molecule has 0 radical (unpaired) electrons. The molecule has 2 fully saturated rings. The number of nitrogens with zero attached hydrogens (tertiary/aromatic N) is 1. The Morgan fingerprint density at radius 3 is 2.78 bits per heavy atom. The molecule has 2 atom stereocenters. The lowest BCUT2D eigenvalue weighted by Crippen LogP contribution is -2.52. The predicted octanol–water partition coefficient (Wildman–Crippen LogP) is -0.770. The van der Waals surface area contributed by atoms with Gasteiger partial charge in [0, 0.05) is 19.7 Å². The van der Waals surface area contributed by atoms with Crippen molar-refractivity contribution in [1.82, 2.24) is 10.2 Å². The van der Waals surface area contributed by atoms with E-state index in [0.29, 0.717) is 12.6 Å². The Labute approximate surface area is 107 Å². The van der Waals surface area contributed by atoms with Gasteiger partial charge in [-0.2, -0.15) is 0 Å². The van der Waals surface area contributed by atoms with Crippen LogP contribution in [0.25, 0.3) is 0 Å². The number of likely N-dealkylation sites (tertiary alicyclic amines) is 1. The lowest BCUT2D eigenvalue weighted by molar-refractivity contribution is -0.140. The summed E-state index contributed by atoms with van der Waals surface area (Å²) < 4.78 is 4.88. The summed E-state index contributed by atoms with van der Waals surface area (Å²) in [5.74, 6) is -0.224. The zero-order valence-electron chi connectivity index (χ0n) is 10.7. The smallest absolute Gasteiger partial charge is 0.243 e. The summed E-state index contributed by atoms with van der Waals surface area (Å²) in [5.41, 5.74) is 5.74. The quantitative estimate of drug-likeness (QED) is 0.675. The Balaban J connectivity index is 1.93. The van der Waals surface area contributed by atoms with Crippen LogP contribution in [0.1, 0.15) is 25.7 Å². The van der Waals surface area contributed by atoms with Gasteiger partial charge in [-0.15, -0.1) is 0 Å². The number of hydrogen-bond acceptors (Lipinski definition) is 4. The fourth-order valence-corrected chi connectivity index (χ4v) is 2.29. The van der Waals surface area contributed by atoms with E-state index >= 15 is 0 Å². The number of hydrogen-bond donors (Lipinski definition) is 2. The SMILES string of the molecule is COCC(N)C(=O)N1CCCC1C(=O)NC1CC1. The van der Waals surface area contributed by atoms with Crippen molar-refractivity contribution >= 4 is 11.8 Å². The van der Waals surface area contributed by atoms with Crippen LogP contribution in [0.15, 0.2) is 0 Å². The van der Waals surface area contributed by atoms with Gasteiger partial charge in [0.25, 0.3) is 0 Å². The number of carbonyl (C=O) groups excluding carboxylic acids is 2. The van der Waals surface area contributed by atoms with Crippen LogP contribution < -0.4 is 11.1 Å². The maximum atomic E-state index is 12.1. The zero-order valence-corrected chi connectivity index (χ0v) is 10.7. The first-order valence-corrected chi connectivity index (χ1v) is 6.49. The monoisotopic (exact) mass is 255 g/mol. The molecule has 0 aromatic heterocycles. The minimum Gasteiger partial charge on any atom is -0.383 e. The molecule has 2 rings (SSSR count). The average molecular weight is 255 g/mol. The fraction of sp³-hybridized carbons (Fsp3) is 0.833. The number of amides is 2. The summed E-state index contributed by atoms with van der Waals surface area (Å²) in [5, 5.41) is 2.95. The molecule has 2 amide bonds. The number of carbonyl (C=O) groups is 2. The second kappa shape index (κ2) is 5.67. The summed E-state index contributed by atoms with van der Waals surface area (Å²) in [6.07, 6.45) is 3.68. The average Bonchev–Trinajstić information content (AvgIpc) is 3.02. The molecule has 2 aliphatic rings. The van der Waals surface area contributed by atoms with Crippen molar-refractivity contribution in [1.29, 1.82) is 0 Å². The maximum Gasteiger partial charge on any atom is 0.243 e. The van der Waals surface area contributed by atoms with Gasteiger partial charge in [-0.05, 0) is 25.7 Å². The first kappa shape index (κ1) is 13.3. The standard InChI is InChI=1S/C12H21N3O3/c1-18-7-9(13)12(17)15-6-2-3-10(15)11(16)14-8-4-5-8/h8-10H,2-7,13H2,1H3,(H,14,16). The Morgan fingerprint density at radius 2 is 2.17 bits per heavy atom. The zero-order chi connectivity index (χ0) is 13.1. The van der Waals surface area contributed by atoms with Gasteiger partial charge in [0.15, 0.2) is 0 Å². The molecule has 102 valence electrons. The van der Waals surface area contributed by atoms with Crippen LogP contribution in [0.5, 0.6) is 0 Å². The van der Waals surface area contributed by atoms with Gasteiger partial charge in [0.05, 0.1) is 6.61 Å². The van der Waals surface area contributed by atoms with E-state index in [9.17, 15) is 9.59 Å². The summed E-state index contributed by atoms with van der Waals surface area (Å²) in [4.78, 5) is 25.7. The minimum absolute atomic E-state index is 0.0343. The first-order valence-electron chi connectivity index (χ1n) is 6.49. The summed E-state index contributed by atoms with van der Waals surface area (Å²) in [6.45, 7) is 0.797. The maximum absolute atomic E-state index is 12.1. The van der Waals surface area contributed by atoms with Crippen molar-refractivity contribution in [2.24, 2.45) is 5.73 Å². The molecule has 1 saturated heterocycles. The van der Waals surface area contributed by atoms with Crippen molar-refractivity contribution in [3.8, 4) is 0 Å². The molecule has 1 aliphatic heterocycles. The highest BCUT2D eigenvalue weighted by Gasteiger charge is 2.37. The molecule has 1 heterocycles. The van der Waals surface area contributed by atoms with Crippen molar-refractivity contribution in [2.45, 2.75) is 43.8 Å². The lowest BCUT2D eigenvalue weighted by atomic mass is 10.2. The van der Waals surface area contributed by atoms with Crippen molar-refractivity contribution in [3.63, 3.8) is 0 Å². The molecule has 0 aromatic rings. The number of nitrogens with two attached hydrogens (primary N) is 1. The number of ether oxygens (including phenoxy) is 1. The van der Waals surface area contributed by atoms with Crippen molar-refractivity contribution < 1.29 is 14.3 Å². The molecule has 0 bridgehead atoms. The van der Waals surface area contributed by atoms with Crippen molar-refractivity contribution in [3.05, 3.63) is 0 Å². The molecular formula is C12H21N3O3. The van der Waals surface area contributed by atoms with Gasteiger partial charge in [-0.1, -0.05) is 0 Å². The first-order chi connectivity index (χ1) is 8.63. The normalized spacial score (nSPS) is 25.0. The van der Waals surface area contributed by atoms with E-state index in [1.54, 1.807) is 4.90 Å². The number of rotatable bonds is 5. The lowest BCUT2D eigenvalue weighted by Gasteiger charge is -2.26. The predicted molar refractivity (Wildman–Crippen MR) is 65.8 cm³/mol. The fourth-order valence-electron chi connectivity index (χ4n) is 2.29. The van der Waals surface area contributed by atoms with E-state index in [-0.39, 0.29) is 24.5 Å². The van der Waals surface area contributed by atoms with Crippen LogP contribution in [-0.2, 0) is 14.3 Å². The van der Waals surface area contributed by atoms with Gasteiger partial charge < -0.3 is 20.7 Å². The summed E-state index contributed by atoms with van der Waals surface area (Å²) in [7, 11) is 1.51. The highest BCUT2D eigenvalue weighted by Crippen LogP contribution is 2.22. The van der Waals surface area contributed by atoms with Gasteiger partial charge in [-0.3, -0.25) is 9.59 Å². The molecule has 0 spiro atoms. The van der Waals surface area contributed by atoms with E-state index < -0.39 is 6.04 Å². The third kappa shape index (κ3) is 3.00. The molecule has 1 saturated carbocycles. The molecule has 3 N–H and O–H groups in total. The molecule has 6 heteroatoms. The van der Waals surface area contributed by atoms with E-state index in [1.807, 2.05) is 0 Å². The van der Waals surface area contributed by atoms with Crippen LogP contribution in [0.2, 0.25) is 0 Å². The summed E-state index contributed by atoms with van der Waals surface area (Å²) >= 11 is 0. The third-order valence-electron chi connectivity index (χ3n) is 3.43. The summed E-state index contributed by atoms with van der Waals surface area (Å²) in [6, 6.07) is -0.701. The Hall–Kier alpha value is -1.14. The van der Waals surface area contributed by atoms with Crippen LogP contribution >= 0.6 is 0 Å². The molecule has 6 nitrogen and oxygen atoms in total. The van der Waals surface area contributed by atoms with Crippen LogP contribution in [0.4, 0.5) is 0 Å². The minimum atomic E-state index is -0.677. The van der Waals surface area contributed by atoms with Gasteiger partial charge in [-0.25, -0.2) is 0 Å². The van der Waals surface area contributed by atoms with Crippen LogP contribution in [0.3, 0.4) is 0 Å². The van der Waals surface area contributed by atoms with Crippen molar-refractivity contribution in [2.75, 3.05) is 20.3 Å². The van der Waals surface area contributed by atoms with Gasteiger partial charge in [0.2, 0.25) is 11.8 Å². The van der Waals surface area contributed by atoms with Crippen LogP contribution in [-0.4, -0.2) is 55.1 Å². The van der Waals surface area contributed by atoms with E-state index in [0.717, 1.165) is 25.7 Å². The Kier molecular flexibility index (Phi) is 4.19. The molecule has 1 aliphatic carbocycles. The Bertz CT molecular complexity index is 331. The topological polar surface area (TPSA) is 84.7 Å². The van der Waals surface area contributed by atoms with Gasteiger partial charge >= 0.3 is 0 Å². The number of methoxy groups -OCH3 is 1. The van der Waals surface area contributed by atoms with E-state index in [1.165, 1.54) is 7.11 Å². The molecular weight excluding hydrogens is 234 g/mol.